The quantitative estimate of drug-likeness (QED) is 0.734. The smallest absolute Gasteiger partial charge is 0.358 e. The maximum Gasteiger partial charge on any atom is 0.358 e. The Morgan fingerprint density at radius 3 is 2.76 bits per heavy atom. The van der Waals surface area contributed by atoms with Crippen molar-refractivity contribution in [1.82, 2.24) is 20.3 Å². The summed E-state index contributed by atoms with van der Waals surface area (Å²) >= 11 is 0. The van der Waals surface area contributed by atoms with E-state index >= 15 is 0 Å². The van der Waals surface area contributed by atoms with Gasteiger partial charge in [-0.15, -0.1) is 5.10 Å². The number of carboxylic acids is 1. The van der Waals surface area contributed by atoms with Gasteiger partial charge in [-0.2, -0.15) is 0 Å². The number of amides is 1. The first-order valence-corrected chi connectivity index (χ1v) is 6.18. The van der Waals surface area contributed by atoms with Crippen molar-refractivity contribution in [3.63, 3.8) is 0 Å². The van der Waals surface area contributed by atoms with Crippen LogP contribution in [-0.4, -0.2) is 43.6 Å². The van der Waals surface area contributed by atoms with E-state index in [-0.39, 0.29) is 23.9 Å². The third-order valence-corrected chi connectivity index (χ3v) is 2.84. The Balaban J connectivity index is 1.88. The van der Waals surface area contributed by atoms with Crippen molar-refractivity contribution >= 4 is 11.9 Å². The molecular weight excluding hydrogens is 276 g/mol. The number of carboxylic acid groups (broad SMARTS) is 1. The zero-order valence-corrected chi connectivity index (χ0v) is 11.3. The molecular formula is C13H14N4O4. The molecule has 0 saturated carbocycles. The zero-order chi connectivity index (χ0) is 15.4. The summed E-state index contributed by atoms with van der Waals surface area (Å²) in [5.74, 6) is -1.29. The highest BCUT2D eigenvalue weighted by Crippen LogP contribution is 2.16. The molecule has 3 N–H and O–H groups in total. The number of carbonyl (C=O) groups is 2. The van der Waals surface area contributed by atoms with E-state index in [1.54, 1.807) is 13.0 Å². The molecule has 21 heavy (non-hydrogen) atoms. The van der Waals surface area contributed by atoms with E-state index < -0.39 is 5.97 Å². The number of phenols is 1. The molecule has 2 aromatic rings. The summed E-state index contributed by atoms with van der Waals surface area (Å²) in [4.78, 5) is 22.5. The van der Waals surface area contributed by atoms with Crippen LogP contribution < -0.4 is 5.32 Å². The van der Waals surface area contributed by atoms with Gasteiger partial charge in [-0.3, -0.25) is 4.79 Å². The van der Waals surface area contributed by atoms with Crippen LogP contribution >= 0.6 is 0 Å². The number of hydrogen-bond donors (Lipinski definition) is 3. The van der Waals surface area contributed by atoms with E-state index in [0.717, 1.165) is 0 Å². The summed E-state index contributed by atoms with van der Waals surface area (Å²) in [6.45, 7) is 2.29. The molecule has 0 radical (unpaired) electrons. The number of carbonyl (C=O) groups excluding carboxylic acids is 1. The molecule has 0 saturated heterocycles. The van der Waals surface area contributed by atoms with Crippen LogP contribution in [0.25, 0.3) is 0 Å². The van der Waals surface area contributed by atoms with E-state index in [4.69, 9.17) is 5.11 Å². The second kappa shape index (κ2) is 6.04. The minimum atomic E-state index is -1.15. The minimum Gasteiger partial charge on any atom is -0.508 e. The number of nitrogens with zero attached hydrogens (tertiary/aromatic N) is 3. The summed E-state index contributed by atoms with van der Waals surface area (Å²) in [5, 5.41) is 27.9. The maximum absolute atomic E-state index is 11.9. The number of aromatic carboxylic acids is 1. The normalized spacial score (nSPS) is 10.3. The van der Waals surface area contributed by atoms with Crippen molar-refractivity contribution in [3.8, 4) is 5.75 Å². The second-order valence-corrected chi connectivity index (χ2v) is 4.43. The van der Waals surface area contributed by atoms with Crippen molar-refractivity contribution in [1.29, 1.82) is 0 Å². The predicted molar refractivity (Wildman–Crippen MR) is 72.2 cm³/mol. The molecule has 0 aliphatic rings. The van der Waals surface area contributed by atoms with Crippen LogP contribution in [0.15, 0.2) is 24.4 Å². The van der Waals surface area contributed by atoms with Gasteiger partial charge < -0.3 is 15.5 Å². The lowest BCUT2D eigenvalue weighted by atomic mass is 10.1. The number of nitrogens with one attached hydrogen (secondary N) is 1. The number of aryl methyl sites for hydroxylation is 1. The van der Waals surface area contributed by atoms with Crippen molar-refractivity contribution < 1.29 is 19.8 Å². The largest absolute Gasteiger partial charge is 0.508 e. The second-order valence-electron chi connectivity index (χ2n) is 4.43. The summed E-state index contributed by atoms with van der Waals surface area (Å²) in [6.07, 6.45) is 1.29. The molecule has 0 atom stereocenters. The molecule has 0 bridgehead atoms. The molecule has 0 spiro atoms. The van der Waals surface area contributed by atoms with Crippen LogP contribution in [0.5, 0.6) is 5.75 Å². The molecule has 0 fully saturated rings. The van der Waals surface area contributed by atoms with E-state index in [1.807, 2.05) is 0 Å². The Morgan fingerprint density at radius 2 is 2.14 bits per heavy atom. The SMILES string of the molecule is Cc1cc(C(=O)NCCn2cc(C(=O)O)nn2)ccc1O. The monoisotopic (exact) mass is 290 g/mol. The van der Waals surface area contributed by atoms with Gasteiger partial charge in [0.1, 0.15) is 5.75 Å². The summed E-state index contributed by atoms with van der Waals surface area (Å²) in [6, 6.07) is 4.57. The van der Waals surface area contributed by atoms with Crippen molar-refractivity contribution in [3.05, 3.63) is 41.2 Å². The molecule has 1 aromatic carbocycles. The average Bonchev–Trinajstić information content (AvgIpc) is 2.91. The van der Waals surface area contributed by atoms with Gasteiger partial charge in [0.15, 0.2) is 5.69 Å². The van der Waals surface area contributed by atoms with Crippen molar-refractivity contribution in [2.24, 2.45) is 0 Å². The lowest BCUT2D eigenvalue weighted by Crippen LogP contribution is -2.27. The molecule has 1 amide bonds. The summed E-state index contributed by atoms with van der Waals surface area (Å²) in [5.41, 5.74) is 0.913. The minimum absolute atomic E-state index is 0.135. The van der Waals surface area contributed by atoms with Gasteiger partial charge in [-0.05, 0) is 30.7 Å². The first kappa shape index (κ1) is 14.5. The average molecular weight is 290 g/mol. The van der Waals surface area contributed by atoms with Crippen LogP contribution in [-0.2, 0) is 6.54 Å². The molecule has 0 unspecified atom stereocenters. The van der Waals surface area contributed by atoms with Crippen molar-refractivity contribution in [2.45, 2.75) is 13.5 Å². The molecule has 8 heteroatoms. The van der Waals surface area contributed by atoms with E-state index in [2.05, 4.69) is 15.6 Å². The summed E-state index contributed by atoms with van der Waals surface area (Å²) in [7, 11) is 0. The van der Waals surface area contributed by atoms with Crippen LogP contribution in [0.4, 0.5) is 0 Å². The van der Waals surface area contributed by atoms with E-state index in [9.17, 15) is 14.7 Å². The fourth-order valence-corrected chi connectivity index (χ4v) is 1.69. The van der Waals surface area contributed by atoms with Crippen LogP contribution in [0.2, 0.25) is 0 Å². The number of aromatic nitrogens is 3. The molecule has 8 nitrogen and oxygen atoms in total. The standard InChI is InChI=1S/C13H14N4O4/c1-8-6-9(2-3-11(8)18)12(19)14-4-5-17-7-10(13(20)21)15-16-17/h2-3,6-7,18H,4-5H2,1H3,(H,14,19)(H,20,21). The molecule has 1 heterocycles. The highest BCUT2D eigenvalue weighted by Gasteiger charge is 2.09. The maximum atomic E-state index is 11.9. The van der Waals surface area contributed by atoms with Crippen LogP contribution in [0, 0.1) is 6.92 Å². The van der Waals surface area contributed by atoms with Crippen LogP contribution in [0.1, 0.15) is 26.4 Å². The molecule has 0 aliphatic carbocycles. The van der Waals surface area contributed by atoms with Crippen LogP contribution in [0.3, 0.4) is 0 Å². The number of rotatable bonds is 5. The van der Waals surface area contributed by atoms with Gasteiger partial charge in [0, 0.05) is 12.1 Å². The Kier molecular flexibility index (Phi) is 4.17. The third kappa shape index (κ3) is 3.56. The molecule has 110 valence electrons. The van der Waals surface area contributed by atoms with Gasteiger partial charge in [0.05, 0.1) is 12.7 Å². The number of phenolic OH excluding ortho intramolecular Hbond substituents is 1. The highest BCUT2D eigenvalue weighted by atomic mass is 16.4. The molecule has 2 rings (SSSR count). The lowest BCUT2D eigenvalue weighted by Gasteiger charge is -2.06. The van der Waals surface area contributed by atoms with Crippen molar-refractivity contribution in [2.75, 3.05) is 6.54 Å². The predicted octanol–water partition coefficient (Wildman–Crippen LogP) is 0.420. The number of hydrogen-bond acceptors (Lipinski definition) is 5. The van der Waals surface area contributed by atoms with E-state index in [0.29, 0.717) is 17.7 Å². The van der Waals surface area contributed by atoms with Gasteiger partial charge in [0.25, 0.3) is 5.91 Å². The van der Waals surface area contributed by atoms with E-state index in [1.165, 1.54) is 23.0 Å². The zero-order valence-electron chi connectivity index (χ0n) is 11.3. The topological polar surface area (TPSA) is 117 Å². The highest BCUT2D eigenvalue weighted by molar-refractivity contribution is 5.94. The number of benzene rings is 1. The van der Waals surface area contributed by atoms with Gasteiger partial charge in [-0.1, -0.05) is 5.21 Å². The first-order chi connectivity index (χ1) is 9.97. The Labute approximate surface area is 120 Å². The first-order valence-electron chi connectivity index (χ1n) is 6.18. The Morgan fingerprint density at radius 1 is 1.38 bits per heavy atom. The Bertz CT molecular complexity index is 681. The number of aromatic hydroxyl groups is 1. The lowest BCUT2D eigenvalue weighted by molar-refractivity contribution is 0.0690. The Hall–Kier alpha value is -2.90. The van der Waals surface area contributed by atoms with Gasteiger partial charge in [0.2, 0.25) is 0 Å². The van der Waals surface area contributed by atoms with Gasteiger partial charge in [-0.25, -0.2) is 9.48 Å². The fourth-order valence-electron chi connectivity index (χ4n) is 1.69. The summed E-state index contributed by atoms with van der Waals surface area (Å²) < 4.78 is 1.34. The third-order valence-electron chi connectivity index (χ3n) is 2.84. The van der Waals surface area contributed by atoms with Gasteiger partial charge >= 0.3 is 5.97 Å². The fraction of sp³-hybridized carbons (Fsp3) is 0.231. The molecule has 1 aromatic heterocycles. The molecule has 0 aliphatic heterocycles.